The molecular weight excluding hydrogens is 144 g/mol. The molecule has 0 spiro atoms. The van der Waals surface area contributed by atoms with E-state index in [1.165, 1.54) is 0 Å². The Morgan fingerprint density at radius 3 is 3.18 bits per heavy atom. The summed E-state index contributed by atoms with van der Waals surface area (Å²) in [6.07, 6.45) is 3.26. The number of nitrogen functional groups attached to an aromatic ring is 1. The Balaban J connectivity index is 2.77. The number of nitrogens with two attached hydrogens (primary N) is 1. The van der Waals surface area contributed by atoms with E-state index in [-0.39, 0.29) is 0 Å². The van der Waals surface area contributed by atoms with E-state index in [4.69, 9.17) is 5.73 Å². The van der Waals surface area contributed by atoms with Crippen molar-refractivity contribution in [3.8, 4) is 0 Å². The molecule has 0 radical (unpaired) electrons. The second-order valence-electron chi connectivity index (χ2n) is 2.11. The van der Waals surface area contributed by atoms with Crippen molar-refractivity contribution in [2.45, 2.75) is 0 Å². The zero-order valence-electron chi connectivity index (χ0n) is 6.02. The van der Waals surface area contributed by atoms with Gasteiger partial charge in [0.25, 0.3) is 0 Å². The molecular formula is C5H8N6. The quantitative estimate of drug-likeness (QED) is 0.566. The van der Waals surface area contributed by atoms with Gasteiger partial charge in [-0.15, -0.1) is 5.10 Å². The van der Waals surface area contributed by atoms with Crippen LogP contribution in [0.4, 0.5) is 5.95 Å². The molecule has 0 unspecified atom stereocenters. The maximum atomic E-state index is 5.51. The maximum Gasteiger partial charge on any atom is 0.207 e. The van der Waals surface area contributed by atoms with Crippen LogP contribution in [-0.2, 0) is 0 Å². The molecule has 6 nitrogen and oxygen atoms in total. The van der Waals surface area contributed by atoms with Crippen LogP contribution in [0.25, 0.3) is 5.65 Å². The first-order valence-electron chi connectivity index (χ1n) is 3.17. The SMILES string of the molecule is CNn1ncn2c(N)ncc12. The van der Waals surface area contributed by atoms with Crippen molar-refractivity contribution in [3.63, 3.8) is 0 Å². The van der Waals surface area contributed by atoms with Crippen molar-refractivity contribution in [2.24, 2.45) is 0 Å². The van der Waals surface area contributed by atoms with Crippen LogP contribution in [0.3, 0.4) is 0 Å². The second kappa shape index (κ2) is 1.88. The fourth-order valence-electron chi connectivity index (χ4n) is 0.975. The third-order valence-corrected chi connectivity index (χ3v) is 1.52. The van der Waals surface area contributed by atoms with Crippen LogP contribution in [0, 0.1) is 0 Å². The van der Waals surface area contributed by atoms with E-state index in [0.29, 0.717) is 5.95 Å². The van der Waals surface area contributed by atoms with Crippen LogP contribution in [0.5, 0.6) is 0 Å². The van der Waals surface area contributed by atoms with Gasteiger partial charge in [-0.2, -0.15) is 4.79 Å². The molecule has 58 valence electrons. The predicted molar refractivity (Wildman–Crippen MR) is 40.7 cm³/mol. The third kappa shape index (κ3) is 0.658. The van der Waals surface area contributed by atoms with E-state index >= 15 is 0 Å². The Kier molecular flexibility index (Phi) is 1.03. The molecule has 0 aliphatic rings. The molecule has 6 heteroatoms. The largest absolute Gasteiger partial charge is 0.369 e. The van der Waals surface area contributed by atoms with Crippen LogP contribution in [0.1, 0.15) is 0 Å². The average Bonchev–Trinajstić information content (AvgIpc) is 2.53. The van der Waals surface area contributed by atoms with Gasteiger partial charge >= 0.3 is 0 Å². The van der Waals surface area contributed by atoms with E-state index in [2.05, 4.69) is 15.5 Å². The molecule has 0 bridgehead atoms. The number of nitrogens with zero attached hydrogens (tertiary/aromatic N) is 4. The van der Waals surface area contributed by atoms with E-state index in [1.807, 2.05) is 0 Å². The number of nitrogens with one attached hydrogen (secondary N) is 1. The van der Waals surface area contributed by atoms with Crippen molar-refractivity contribution in [1.29, 1.82) is 0 Å². The summed E-state index contributed by atoms with van der Waals surface area (Å²) < 4.78 is 1.69. The minimum absolute atomic E-state index is 0.446. The van der Waals surface area contributed by atoms with Gasteiger partial charge in [0.2, 0.25) is 5.95 Å². The van der Waals surface area contributed by atoms with Gasteiger partial charge in [0.1, 0.15) is 6.33 Å². The molecule has 0 saturated carbocycles. The molecule has 11 heavy (non-hydrogen) atoms. The molecule has 0 aliphatic carbocycles. The zero-order valence-corrected chi connectivity index (χ0v) is 6.02. The summed E-state index contributed by atoms with van der Waals surface area (Å²) in [5, 5.41) is 3.98. The number of hydrogen-bond donors (Lipinski definition) is 2. The predicted octanol–water partition coefficient (Wildman–Crippen LogP) is -0.714. The summed E-state index contributed by atoms with van der Waals surface area (Å²) in [5.74, 6) is 0.446. The molecule has 0 aliphatic heterocycles. The standard InChI is InChI=1S/C5H8N6/c1-7-11-4-2-8-5(6)10(4)3-9-11/h2-3,7H,1H3,(H2,6,8). The molecule has 0 saturated heterocycles. The summed E-state index contributed by atoms with van der Waals surface area (Å²) in [5.41, 5.74) is 9.19. The first-order chi connectivity index (χ1) is 5.33. The van der Waals surface area contributed by atoms with Crippen LogP contribution < -0.4 is 11.2 Å². The van der Waals surface area contributed by atoms with Gasteiger partial charge in [-0.1, -0.05) is 0 Å². The lowest BCUT2D eigenvalue weighted by Gasteiger charge is -1.94. The monoisotopic (exact) mass is 152 g/mol. The Labute approximate surface area is 62.6 Å². The normalized spacial score (nSPS) is 10.6. The molecule has 0 atom stereocenters. The van der Waals surface area contributed by atoms with Gasteiger partial charge in [0.05, 0.1) is 6.20 Å². The number of anilines is 1. The van der Waals surface area contributed by atoms with Crippen molar-refractivity contribution in [2.75, 3.05) is 18.2 Å². The minimum Gasteiger partial charge on any atom is -0.369 e. The zero-order chi connectivity index (χ0) is 7.84. The van der Waals surface area contributed by atoms with Gasteiger partial charge in [0.15, 0.2) is 5.65 Å². The van der Waals surface area contributed by atoms with Crippen LogP contribution >= 0.6 is 0 Å². The maximum absolute atomic E-state index is 5.51. The lowest BCUT2D eigenvalue weighted by atomic mass is 10.8. The first-order valence-corrected chi connectivity index (χ1v) is 3.17. The lowest BCUT2D eigenvalue weighted by molar-refractivity contribution is 0.809. The van der Waals surface area contributed by atoms with Gasteiger partial charge in [0, 0.05) is 7.05 Å². The molecule has 0 aromatic carbocycles. The molecule has 3 N–H and O–H groups in total. The van der Waals surface area contributed by atoms with Gasteiger partial charge in [-0.3, -0.25) is 4.40 Å². The number of rotatable bonds is 1. The topological polar surface area (TPSA) is 73.2 Å². The van der Waals surface area contributed by atoms with Gasteiger partial charge in [-0.25, -0.2) is 4.98 Å². The highest BCUT2D eigenvalue weighted by Gasteiger charge is 2.03. The number of aromatic nitrogens is 4. The molecule has 2 rings (SSSR count). The summed E-state index contributed by atoms with van der Waals surface area (Å²) in [7, 11) is 1.77. The Hall–Kier alpha value is -1.72. The Morgan fingerprint density at radius 1 is 1.64 bits per heavy atom. The van der Waals surface area contributed by atoms with Crippen molar-refractivity contribution in [1.82, 2.24) is 19.3 Å². The van der Waals surface area contributed by atoms with Crippen LogP contribution in [0.2, 0.25) is 0 Å². The van der Waals surface area contributed by atoms with E-state index in [0.717, 1.165) is 5.65 Å². The Morgan fingerprint density at radius 2 is 2.45 bits per heavy atom. The highest BCUT2D eigenvalue weighted by Crippen LogP contribution is 2.04. The second-order valence-corrected chi connectivity index (χ2v) is 2.11. The summed E-state index contributed by atoms with van der Waals surface area (Å²) in [6.45, 7) is 0. The van der Waals surface area contributed by atoms with Crippen LogP contribution in [0.15, 0.2) is 12.5 Å². The van der Waals surface area contributed by atoms with E-state index in [1.54, 1.807) is 28.8 Å². The average molecular weight is 152 g/mol. The number of fused-ring (bicyclic) bond motifs is 1. The van der Waals surface area contributed by atoms with Gasteiger partial charge < -0.3 is 11.2 Å². The fourth-order valence-corrected chi connectivity index (χ4v) is 0.975. The van der Waals surface area contributed by atoms with E-state index in [9.17, 15) is 0 Å². The molecule has 0 amide bonds. The van der Waals surface area contributed by atoms with Crippen molar-refractivity contribution >= 4 is 11.6 Å². The molecule has 2 aromatic rings. The van der Waals surface area contributed by atoms with E-state index < -0.39 is 0 Å². The van der Waals surface area contributed by atoms with Crippen LogP contribution in [-0.4, -0.2) is 26.3 Å². The van der Waals surface area contributed by atoms with Crippen molar-refractivity contribution < 1.29 is 0 Å². The smallest absolute Gasteiger partial charge is 0.207 e. The number of hydrogen-bond acceptors (Lipinski definition) is 4. The highest BCUT2D eigenvalue weighted by molar-refractivity contribution is 5.43. The lowest BCUT2D eigenvalue weighted by Crippen LogP contribution is -2.09. The minimum atomic E-state index is 0.446. The highest BCUT2D eigenvalue weighted by atomic mass is 15.6. The summed E-state index contributed by atoms with van der Waals surface area (Å²) in [6, 6.07) is 0. The number of imidazole rings is 1. The molecule has 2 aromatic heterocycles. The Bertz CT molecular complexity index is 371. The summed E-state index contributed by atoms with van der Waals surface area (Å²) in [4.78, 5) is 5.49. The summed E-state index contributed by atoms with van der Waals surface area (Å²) >= 11 is 0. The van der Waals surface area contributed by atoms with Gasteiger partial charge in [-0.05, 0) is 0 Å². The first kappa shape index (κ1) is 6.02. The van der Waals surface area contributed by atoms with Crippen molar-refractivity contribution in [3.05, 3.63) is 12.5 Å². The molecule has 2 heterocycles. The fraction of sp³-hybridized carbons (Fsp3) is 0.200. The molecule has 0 fully saturated rings. The third-order valence-electron chi connectivity index (χ3n) is 1.52.